The lowest BCUT2D eigenvalue weighted by molar-refractivity contribution is -0.00879. The number of rotatable bonds is 6. The summed E-state index contributed by atoms with van der Waals surface area (Å²) < 4.78 is 17.5. The summed E-state index contributed by atoms with van der Waals surface area (Å²) >= 11 is 0. The molecule has 1 aromatic heterocycles. The van der Waals surface area contributed by atoms with E-state index in [1.54, 1.807) is 17.0 Å². The van der Waals surface area contributed by atoms with Gasteiger partial charge in [-0.05, 0) is 76.4 Å². The third-order valence-electron chi connectivity index (χ3n) is 5.79. The van der Waals surface area contributed by atoms with E-state index in [-0.39, 0.29) is 12.2 Å². The van der Waals surface area contributed by atoms with E-state index in [9.17, 15) is 10.1 Å². The topological polar surface area (TPSA) is 101 Å². The second kappa shape index (κ2) is 10.4. The van der Waals surface area contributed by atoms with Gasteiger partial charge in [0.25, 0.3) is 0 Å². The van der Waals surface area contributed by atoms with E-state index in [2.05, 4.69) is 16.4 Å². The Bertz CT molecular complexity index is 1230. The molecule has 8 nitrogen and oxygen atoms in total. The van der Waals surface area contributed by atoms with Crippen LogP contribution < -0.4 is 5.32 Å². The zero-order valence-corrected chi connectivity index (χ0v) is 20.8. The van der Waals surface area contributed by atoms with Crippen molar-refractivity contribution in [3.63, 3.8) is 0 Å². The second-order valence-electron chi connectivity index (χ2n) is 9.82. The predicted octanol–water partition coefficient (Wildman–Crippen LogP) is 5.50. The Hall–Kier alpha value is -3.57. The van der Waals surface area contributed by atoms with E-state index in [0.29, 0.717) is 48.8 Å². The first kappa shape index (κ1) is 24.6. The molecule has 0 radical (unpaired) electrons. The minimum Gasteiger partial charge on any atom is -0.444 e. The minimum atomic E-state index is -0.478. The molecule has 1 N–H and O–H groups in total. The summed E-state index contributed by atoms with van der Waals surface area (Å²) in [7, 11) is 0. The zero-order chi connectivity index (χ0) is 25.0. The van der Waals surface area contributed by atoms with Crippen molar-refractivity contribution < 1.29 is 18.7 Å². The van der Waals surface area contributed by atoms with Crippen molar-refractivity contribution in [3.8, 4) is 17.5 Å². The SMILES string of the molecule is Cc1cc(C#N)cc2nc(-c3cccc(NCCOC4CCN(C(=O)OC(C)(C)C)CC4)c3)oc12. The van der Waals surface area contributed by atoms with Crippen LogP contribution in [0.5, 0.6) is 0 Å². The van der Waals surface area contributed by atoms with E-state index in [1.165, 1.54) is 0 Å². The summed E-state index contributed by atoms with van der Waals surface area (Å²) in [5, 5.41) is 12.6. The smallest absolute Gasteiger partial charge is 0.410 e. The summed E-state index contributed by atoms with van der Waals surface area (Å²) in [6.07, 6.45) is 1.50. The predicted molar refractivity (Wildman–Crippen MR) is 134 cm³/mol. The van der Waals surface area contributed by atoms with Crippen molar-refractivity contribution in [3.05, 3.63) is 47.5 Å². The van der Waals surface area contributed by atoms with Crippen molar-refractivity contribution in [1.29, 1.82) is 5.26 Å². The number of fused-ring (bicyclic) bond motifs is 1. The van der Waals surface area contributed by atoms with Gasteiger partial charge in [0.2, 0.25) is 5.89 Å². The summed E-state index contributed by atoms with van der Waals surface area (Å²) in [5.74, 6) is 0.523. The van der Waals surface area contributed by atoms with E-state index in [1.807, 2.05) is 52.0 Å². The van der Waals surface area contributed by atoms with Crippen molar-refractivity contribution >= 4 is 22.9 Å². The van der Waals surface area contributed by atoms with Gasteiger partial charge in [0.05, 0.1) is 24.3 Å². The molecule has 0 spiro atoms. The fraction of sp³-hybridized carbons (Fsp3) is 0.444. The average Bonchev–Trinajstić information content (AvgIpc) is 3.26. The number of nitrogens with zero attached hydrogens (tertiary/aromatic N) is 3. The molecule has 0 atom stereocenters. The van der Waals surface area contributed by atoms with Crippen LogP contribution in [0.25, 0.3) is 22.6 Å². The van der Waals surface area contributed by atoms with E-state index in [0.717, 1.165) is 29.7 Å². The van der Waals surface area contributed by atoms with Gasteiger partial charge in [-0.15, -0.1) is 0 Å². The summed E-state index contributed by atoms with van der Waals surface area (Å²) in [4.78, 5) is 18.5. The van der Waals surface area contributed by atoms with Gasteiger partial charge < -0.3 is 24.1 Å². The first-order chi connectivity index (χ1) is 16.7. The lowest BCUT2D eigenvalue weighted by Crippen LogP contribution is -2.43. The molecular weight excluding hydrogens is 444 g/mol. The number of hydrogen-bond donors (Lipinski definition) is 1. The molecule has 4 rings (SSSR count). The number of carbonyl (C=O) groups is 1. The number of amides is 1. The fourth-order valence-electron chi connectivity index (χ4n) is 4.10. The van der Waals surface area contributed by atoms with Gasteiger partial charge in [-0.25, -0.2) is 9.78 Å². The molecule has 35 heavy (non-hydrogen) atoms. The first-order valence-electron chi connectivity index (χ1n) is 12.0. The third-order valence-corrected chi connectivity index (χ3v) is 5.79. The fourth-order valence-corrected chi connectivity index (χ4v) is 4.10. The lowest BCUT2D eigenvalue weighted by Gasteiger charge is -2.33. The summed E-state index contributed by atoms with van der Waals surface area (Å²) in [6, 6.07) is 13.6. The molecule has 3 aromatic rings. The molecule has 0 aliphatic carbocycles. The minimum absolute atomic E-state index is 0.142. The Kier molecular flexibility index (Phi) is 7.27. The van der Waals surface area contributed by atoms with Crippen LogP contribution in [0.3, 0.4) is 0 Å². The molecule has 1 saturated heterocycles. The highest BCUT2D eigenvalue weighted by Gasteiger charge is 2.27. The van der Waals surface area contributed by atoms with Crippen LogP contribution in [0.15, 0.2) is 40.8 Å². The van der Waals surface area contributed by atoms with Gasteiger partial charge in [0.1, 0.15) is 11.1 Å². The van der Waals surface area contributed by atoms with E-state index >= 15 is 0 Å². The van der Waals surface area contributed by atoms with Crippen LogP contribution >= 0.6 is 0 Å². The molecule has 1 amide bonds. The van der Waals surface area contributed by atoms with Crippen LogP contribution in [-0.4, -0.2) is 53.9 Å². The quantitative estimate of drug-likeness (QED) is 0.469. The van der Waals surface area contributed by atoms with Gasteiger partial charge >= 0.3 is 6.09 Å². The highest BCUT2D eigenvalue weighted by atomic mass is 16.6. The molecular formula is C27H32N4O4. The van der Waals surface area contributed by atoms with Gasteiger partial charge in [-0.2, -0.15) is 5.26 Å². The number of likely N-dealkylation sites (tertiary alicyclic amines) is 1. The molecule has 1 fully saturated rings. The molecule has 184 valence electrons. The van der Waals surface area contributed by atoms with Crippen LogP contribution in [-0.2, 0) is 9.47 Å². The summed E-state index contributed by atoms with van der Waals surface area (Å²) in [5.41, 5.74) is 4.17. The molecule has 2 heterocycles. The number of hydrogen-bond acceptors (Lipinski definition) is 7. The standard InChI is InChI=1S/C27H32N4O4/c1-18-14-19(17-28)15-23-24(18)34-25(30-23)20-6-5-7-21(16-20)29-10-13-33-22-8-11-31(12-9-22)26(32)35-27(2,3)4/h5-7,14-16,22,29H,8-13H2,1-4H3. The van der Waals surface area contributed by atoms with Crippen molar-refractivity contribution in [2.75, 3.05) is 31.6 Å². The number of aromatic nitrogens is 1. The van der Waals surface area contributed by atoms with Crippen molar-refractivity contribution in [2.45, 2.75) is 52.2 Å². The Morgan fingerprint density at radius 2 is 2.03 bits per heavy atom. The maximum Gasteiger partial charge on any atom is 0.410 e. The Morgan fingerprint density at radius 3 is 2.74 bits per heavy atom. The first-order valence-corrected chi connectivity index (χ1v) is 12.0. The van der Waals surface area contributed by atoms with Crippen molar-refractivity contribution in [1.82, 2.24) is 9.88 Å². The average molecular weight is 477 g/mol. The Morgan fingerprint density at radius 1 is 1.26 bits per heavy atom. The monoisotopic (exact) mass is 476 g/mol. The highest BCUT2D eigenvalue weighted by Crippen LogP contribution is 2.28. The number of anilines is 1. The number of ether oxygens (including phenoxy) is 2. The number of piperidine rings is 1. The number of nitriles is 1. The molecule has 1 aliphatic rings. The van der Waals surface area contributed by atoms with Gasteiger partial charge in [0, 0.05) is 30.9 Å². The molecule has 2 aromatic carbocycles. The molecule has 8 heteroatoms. The Labute approximate surface area is 205 Å². The summed E-state index contributed by atoms with van der Waals surface area (Å²) in [6.45, 7) is 10.1. The second-order valence-corrected chi connectivity index (χ2v) is 9.82. The largest absolute Gasteiger partial charge is 0.444 e. The van der Waals surface area contributed by atoms with Crippen molar-refractivity contribution in [2.24, 2.45) is 0 Å². The van der Waals surface area contributed by atoms with E-state index < -0.39 is 5.60 Å². The normalized spacial score (nSPS) is 14.7. The van der Waals surface area contributed by atoms with Gasteiger partial charge in [-0.3, -0.25) is 0 Å². The number of nitrogens with one attached hydrogen (secondary N) is 1. The number of aryl methyl sites for hydroxylation is 1. The molecule has 0 bridgehead atoms. The molecule has 0 saturated carbocycles. The maximum absolute atomic E-state index is 12.2. The lowest BCUT2D eigenvalue weighted by atomic mass is 10.1. The molecule has 1 aliphatic heterocycles. The number of benzene rings is 2. The maximum atomic E-state index is 12.2. The molecule has 0 unspecified atom stereocenters. The number of oxazole rings is 1. The van der Waals surface area contributed by atoms with Gasteiger partial charge in [0.15, 0.2) is 5.58 Å². The highest BCUT2D eigenvalue weighted by molar-refractivity contribution is 5.81. The van der Waals surface area contributed by atoms with Gasteiger partial charge in [-0.1, -0.05) is 6.07 Å². The zero-order valence-electron chi connectivity index (χ0n) is 20.8. The van der Waals surface area contributed by atoms with Crippen LogP contribution in [0.2, 0.25) is 0 Å². The van der Waals surface area contributed by atoms with Crippen LogP contribution in [0, 0.1) is 18.3 Å². The van der Waals surface area contributed by atoms with Crippen LogP contribution in [0.1, 0.15) is 44.7 Å². The van der Waals surface area contributed by atoms with Crippen LogP contribution in [0.4, 0.5) is 10.5 Å². The number of carbonyl (C=O) groups excluding carboxylic acids is 1. The third kappa shape index (κ3) is 6.31. The Balaban J connectivity index is 1.26. The van der Waals surface area contributed by atoms with E-state index in [4.69, 9.17) is 13.9 Å².